The number of likely N-dealkylation sites (N-methyl/N-ethyl adjacent to an activating group) is 2. The van der Waals surface area contributed by atoms with Gasteiger partial charge in [0.1, 0.15) is 5.75 Å². The van der Waals surface area contributed by atoms with E-state index in [9.17, 15) is 0 Å². The number of hydrogen-bond donors (Lipinski definition) is 1. The molecular formula is C18H30N2O. The molecule has 0 saturated carbocycles. The first-order chi connectivity index (χ1) is 10.2. The molecule has 0 saturated heterocycles. The van der Waals surface area contributed by atoms with Crippen molar-refractivity contribution in [1.82, 2.24) is 10.2 Å². The van der Waals surface area contributed by atoms with Crippen LogP contribution >= 0.6 is 0 Å². The van der Waals surface area contributed by atoms with Crippen molar-refractivity contribution in [3.63, 3.8) is 0 Å². The first-order valence-corrected chi connectivity index (χ1v) is 8.25. The van der Waals surface area contributed by atoms with Crippen molar-refractivity contribution in [3.05, 3.63) is 29.3 Å². The van der Waals surface area contributed by atoms with Crippen LogP contribution in [0.1, 0.15) is 49.8 Å². The molecule has 118 valence electrons. The van der Waals surface area contributed by atoms with E-state index in [0.29, 0.717) is 12.1 Å². The molecule has 0 amide bonds. The van der Waals surface area contributed by atoms with Gasteiger partial charge in [-0.2, -0.15) is 0 Å². The van der Waals surface area contributed by atoms with E-state index in [-0.39, 0.29) is 0 Å². The van der Waals surface area contributed by atoms with Crippen LogP contribution in [0.15, 0.2) is 18.2 Å². The molecule has 0 radical (unpaired) electrons. The summed E-state index contributed by atoms with van der Waals surface area (Å²) in [5, 5.41) is 3.54. The van der Waals surface area contributed by atoms with Crippen molar-refractivity contribution in [2.24, 2.45) is 0 Å². The Morgan fingerprint density at radius 3 is 2.81 bits per heavy atom. The molecule has 1 N–H and O–H groups in total. The van der Waals surface area contributed by atoms with Crippen LogP contribution in [0.3, 0.4) is 0 Å². The second-order valence-electron chi connectivity index (χ2n) is 6.12. The summed E-state index contributed by atoms with van der Waals surface area (Å²) in [5.41, 5.74) is 2.88. The predicted molar refractivity (Wildman–Crippen MR) is 89.1 cm³/mol. The maximum absolute atomic E-state index is 5.41. The molecule has 0 bridgehead atoms. The monoisotopic (exact) mass is 290 g/mol. The first kappa shape index (κ1) is 16.3. The molecule has 0 fully saturated rings. The van der Waals surface area contributed by atoms with Crippen LogP contribution in [0, 0.1) is 0 Å². The lowest BCUT2D eigenvalue weighted by molar-refractivity contribution is 0.174. The fraction of sp³-hybridized carbons (Fsp3) is 0.667. The van der Waals surface area contributed by atoms with Gasteiger partial charge in [0.05, 0.1) is 7.11 Å². The normalized spacial score (nSPS) is 21.4. The Morgan fingerprint density at radius 1 is 1.33 bits per heavy atom. The third-order valence-corrected chi connectivity index (χ3v) is 4.77. The molecule has 1 aliphatic carbocycles. The van der Waals surface area contributed by atoms with Gasteiger partial charge >= 0.3 is 0 Å². The van der Waals surface area contributed by atoms with Gasteiger partial charge in [-0.3, -0.25) is 0 Å². The fourth-order valence-electron chi connectivity index (χ4n) is 3.49. The zero-order valence-electron chi connectivity index (χ0n) is 14.0. The van der Waals surface area contributed by atoms with E-state index >= 15 is 0 Å². The van der Waals surface area contributed by atoms with Crippen LogP contribution in [0.4, 0.5) is 0 Å². The molecule has 2 atom stereocenters. The Hall–Kier alpha value is -1.06. The van der Waals surface area contributed by atoms with Crippen molar-refractivity contribution >= 4 is 0 Å². The quantitative estimate of drug-likeness (QED) is 0.779. The summed E-state index contributed by atoms with van der Waals surface area (Å²) in [7, 11) is 6.09. The molecule has 2 rings (SSSR count). The highest BCUT2D eigenvalue weighted by Gasteiger charge is 2.31. The number of rotatable bonds is 7. The smallest absolute Gasteiger partial charge is 0.119 e. The van der Waals surface area contributed by atoms with Crippen molar-refractivity contribution in [2.75, 3.05) is 27.7 Å². The van der Waals surface area contributed by atoms with Crippen molar-refractivity contribution in [1.29, 1.82) is 0 Å². The number of fused-ring (bicyclic) bond motifs is 1. The highest BCUT2D eigenvalue weighted by atomic mass is 16.5. The number of methoxy groups -OCH3 is 1. The molecule has 1 aliphatic rings. The Labute approximate surface area is 129 Å². The summed E-state index contributed by atoms with van der Waals surface area (Å²) in [6.45, 7) is 3.45. The molecule has 3 nitrogen and oxygen atoms in total. The van der Waals surface area contributed by atoms with Crippen LogP contribution in [-0.2, 0) is 6.42 Å². The number of nitrogens with zero attached hydrogens (tertiary/aromatic N) is 1. The predicted octanol–water partition coefficient (Wildman–Crippen LogP) is 3.39. The largest absolute Gasteiger partial charge is 0.497 e. The number of hydrogen-bond acceptors (Lipinski definition) is 3. The molecular weight excluding hydrogens is 260 g/mol. The maximum atomic E-state index is 5.41. The third-order valence-electron chi connectivity index (χ3n) is 4.77. The molecule has 21 heavy (non-hydrogen) atoms. The van der Waals surface area contributed by atoms with Crippen molar-refractivity contribution in [2.45, 2.75) is 51.1 Å². The van der Waals surface area contributed by atoms with Gasteiger partial charge in [-0.15, -0.1) is 0 Å². The minimum Gasteiger partial charge on any atom is -0.497 e. The molecule has 0 spiro atoms. The Balaban J connectivity index is 2.14. The van der Waals surface area contributed by atoms with E-state index in [1.807, 2.05) is 0 Å². The average molecular weight is 290 g/mol. The summed E-state index contributed by atoms with van der Waals surface area (Å²) in [6.07, 6.45) is 6.30. The lowest BCUT2D eigenvalue weighted by Crippen LogP contribution is -2.45. The Kier molecular flexibility index (Phi) is 6.07. The van der Waals surface area contributed by atoms with Crippen molar-refractivity contribution < 1.29 is 4.74 Å². The van der Waals surface area contributed by atoms with Crippen LogP contribution in [-0.4, -0.2) is 38.7 Å². The molecule has 0 aromatic heterocycles. The van der Waals surface area contributed by atoms with Gasteiger partial charge in [0.25, 0.3) is 0 Å². The van der Waals surface area contributed by atoms with Gasteiger partial charge in [-0.1, -0.05) is 25.8 Å². The molecule has 0 aliphatic heterocycles. The Bertz CT molecular complexity index is 447. The van der Waals surface area contributed by atoms with E-state index in [1.165, 1.54) is 49.8 Å². The minimum atomic E-state index is 0.399. The molecule has 0 heterocycles. The lowest BCUT2D eigenvalue weighted by atomic mass is 9.83. The average Bonchev–Trinajstić information content (AvgIpc) is 2.53. The fourth-order valence-corrected chi connectivity index (χ4v) is 3.49. The standard InChI is InChI=1S/C18H30N2O/c1-5-6-7-12-20(3)17-11-9-14-8-10-15(21-4)13-16(14)18(17)19-2/h8,10,13,17-19H,5-7,9,11-12H2,1-4H3. The van der Waals surface area contributed by atoms with E-state index < -0.39 is 0 Å². The topological polar surface area (TPSA) is 24.5 Å². The first-order valence-electron chi connectivity index (χ1n) is 8.25. The number of unbranched alkanes of at least 4 members (excludes halogenated alkanes) is 2. The van der Waals surface area contributed by atoms with E-state index in [2.05, 4.69) is 49.4 Å². The zero-order valence-corrected chi connectivity index (χ0v) is 14.0. The van der Waals surface area contributed by atoms with Gasteiger partial charge in [-0.05, 0) is 63.2 Å². The molecule has 3 heteroatoms. The molecule has 1 aromatic carbocycles. The number of aryl methyl sites for hydroxylation is 1. The SMILES string of the molecule is CCCCCN(C)C1CCc2ccc(OC)cc2C1NC. The summed E-state index contributed by atoms with van der Waals surface area (Å²) in [5.74, 6) is 0.961. The summed E-state index contributed by atoms with van der Waals surface area (Å²) < 4.78 is 5.41. The molecule has 1 aromatic rings. The Morgan fingerprint density at radius 2 is 2.14 bits per heavy atom. The van der Waals surface area contributed by atoms with Gasteiger partial charge in [-0.25, -0.2) is 0 Å². The highest BCUT2D eigenvalue weighted by molar-refractivity contribution is 5.40. The summed E-state index contributed by atoms with van der Waals surface area (Å²) in [6, 6.07) is 7.49. The number of nitrogens with one attached hydrogen (secondary N) is 1. The van der Waals surface area contributed by atoms with Crippen LogP contribution < -0.4 is 10.1 Å². The number of benzene rings is 1. The van der Waals surface area contributed by atoms with Crippen LogP contribution in [0.25, 0.3) is 0 Å². The van der Waals surface area contributed by atoms with Crippen LogP contribution in [0.2, 0.25) is 0 Å². The lowest BCUT2D eigenvalue weighted by Gasteiger charge is -2.39. The van der Waals surface area contributed by atoms with Gasteiger partial charge in [0, 0.05) is 12.1 Å². The molecule has 2 unspecified atom stereocenters. The second kappa shape index (κ2) is 7.81. The second-order valence-corrected chi connectivity index (χ2v) is 6.12. The van der Waals surface area contributed by atoms with Crippen molar-refractivity contribution in [3.8, 4) is 5.75 Å². The van der Waals surface area contributed by atoms with Crippen LogP contribution in [0.5, 0.6) is 5.75 Å². The zero-order chi connectivity index (χ0) is 15.2. The summed E-state index contributed by atoms with van der Waals surface area (Å²) in [4.78, 5) is 2.54. The van der Waals surface area contributed by atoms with Gasteiger partial charge in [0.2, 0.25) is 0 Å². The van der Waals surface area contributed by atoms with Gasteiger partial charge < -0.3 is 15.0 Å². The van der Waals surface area contributed by atoms with Gasteiger partial charge in [0.15, 0.2) is 0 Å². The highest BCUT2D eigenvalue weighted by Crippen LogP contribution is 2.34. The van der Waals surface area contributed by atoms with E-state index in [4.69, 9.17) is 4.74 Å². The minimum absolute atomic E-state index is 0.399. The van der Waals surface area contributed by atoms with E-state index in [1.54, 1.807) is 7.11 Å². The third kappa shape index (κ3) is 3.78. The maximum Gasteiger partial charge on any atom is 0.119 e. The van der Waals surface area contributed by atoms with E-state index in [0.717, 1.165) is 5.75 Å². The number of ether oxygens (including phenoxy) is 1. The summed E-state index contributed by atoms with van der Waals surface area (Å²) >= 11 is 0.